The second-order valence-corrected chi connectivity index (χ2v) is 10.8. The molecule has 1 atom stereocenters. The summed E-state index contributed by atoms with van der Waals surface area (Å²) in [5.74, 6) is 2.03. The second-order valence-electron chi connectivity index (χ2n) is 9.23. The van der Waals surface area contributed by atoms with Crippen LogP contribution in [0.4, 0.5) is 11.5 Å². The van der Waals surface area contributed by atoms with Crippen molar-refractivity contribution in [3.05, 3.63) is 42.1 Å². The van der Waals surface area contributed by atoms with Crippen molar-refractivity contribution in [2.45, 2.75) is 38.5 Å². The number of fused-ring (bicyclic) bond motifs is 1. The number of likely N-dealkylation sites (N-methyl/N-ethyl adjacent to an activating group) is 2. The Morgan fingerprint density at radius 3 is 2.39 bits per heavy atom. The van der Waals surface area contributed by atoms with Gasteiger partial charge in [-0.1, -0.05) is 27.7 Å². The molecule has 1 N–H and O–H groups in total. The minimum atomic E-state index is -1.20. The number of nitrogens with one attached hydrogen (secondary N) is 1. The highest BCUT2D eigenvalue weighted by atomic mass is 32.2. The molecule has 0 fully saturated rings. The minimum absolute atomic E-state index is 0.293. The van der Waals surface area contributed by atoms with Crippen molar-refractivity contribution in [2.75, 3.05) is 46.2 Å². The molecule has 3 rings (SSSR count). The molecular weight excluding hydrogens is 436 g/mol. The number of rotatable bonds is 11. The molecule has 2 heterocycles. The van der Waals surface area contributed by atoms with E-state index in [2.05, 4.69) is 43.0 Å². The van der Waals surface area contributed by atoms with E-state index in [9.17, 15) is 4.21 Å². The third kappa shape index (κ3) is 6.52. The molecule has 1 unspecified atom stereocenters. The van der Waals surface area contributed by atoms with Gasteiger partial charge in [0, 0.05) is 37.5 Å². The van der Waals surface area contributed by atoms with Gasteiger partial charge in [-0.25, -0.2) is 8.51 Å². The van der Waals surface area contributed by atoms with Gasteiger partial charge in [-0.2, -0.15) is 14.6 Å². The fraction of sp³-hybridized carbons (Fsp3) is 0.500. The number of nitrogens with zero attached hydrogens (tertiary/aromatic N) is 5. The molecule has 0 saturated carbocycles. The lowest BCUT2D eigenvalue weighted by atomic mass is 10.1. The fourth-order valence-electron chi connectivity index (χ4n) is 3.19. The summed E-state index contributed by atoms with van der Waals surface area (Å²) in [4.78, 5) is 7.55. The molecule has 0 saturated heterocycles. The van der Waals surface area contributed by atoms with Gasteiger partial charge in [0.25, 0.3) is 0 Å². The minimum Gasteiger partial charge on any atom is -0.477 e. The van der Waals surface area contributed by atoms with Gasteiger partial charge in [0.05, 0.1) is 17.7 Å². The van der Waals surface area contributed by atoms with Gasteiger partial charge < -0.3 is 15.0 Å². The topological polar surface area (TPSA) is 75.0 Å². The summed E-state index contributed by atoms with van der Waals surface area (Å²) in [5, 5.41) is 7.98. The summed E-state index contributed by atoms with van der Waals surface area (Å²) < 4.78 is 22.4. The quantitative estimate of drug-likeness (QED) is 0.452. The molecule has 1 aromatic carbocycles. The van der Waals surface area contributed by atoms with Crippen molar-refractivity contribution < 1.29 is 8.95 Å². The Balaban J connectivity index is 1.84. The molecule has 9 heteroatoms. The maximum absolute atomic E-state index is 12.8. The summed E-state index contributed by atoms with van der Waals surface area (Å²) in [5.41, 5.74) is 2.73. The van der Waals surface area contributed by atoms with Gasteiger partial charge in [0.1, 0.15) is 16.8 Å². The summed E-state index contributed by atoms with van der Waals surface area (Å²) in [6, 6.07) is 9.51. The first kappa shape index (κ1) is 25.1. The van der Waals surface area contributed by atoms with Crippen molar-refractivity contribution in [1.82, 2.24) is 23.8 Å². The molecule has 0 aliphatic heterocycles. The van der Waals surface area contributed by atoms with E-state index in [4.69, 9.17) is 9.72 Å². The number of anilines is 2. The second kappa shape index (κ2) is 11.1. The maximum atomic E-state index is 12.8. The van der Waals surface area contributed by atoms with Crippen LogP contribution in [0.5, 0.6) is 5.88 Å². The number of hydrogen-bond acceptors (Lipinski definition) is 6. The molecule has 0 aliphatic rings. The summed E-state index contributed by atoms with van der Waals surface area (Å²) in [6.07, 6.45) is 1.86. The van der Waals surface area contributed by atoms with Crippen LogP contribution in [-0.4, -0.2) is 68.9 Å². The van der Waals surface area contributed by atoms with Crippen LogP contribution in [0.2, 0.25) is 0 Å². The molecule has 33 heavy (non-hydrogen) atoms. The zero-order chi connectivity index (χ0) is 24.1. The molecular formula is C24H36N6O2S. The molecule has 0 amide bonds. The van der Waals surface area contributed by atoms with Gasteiger partial charge >= 0.3 is 0 Å². The van der Waals surface area contributed by atoms with Crippen molar-refractivity contribution in [1.29, 1.82) is 0 Å². The maximum Gasteiger partial charge on any atom is 0.219 e. The largest absolute Gasteiger partial charge is 0.477 e. The fourth-order valence-corrected chi connectivity index (χ4v) is 4.16. The summed E-state index contributed by atoms with van der Waals surface area (Å²) >= 11 is 0. The van der Waals surface area contributed by atoms with Crippen LogP contribution in [0, 0.1) is 5.92 Å². The van der Waals surface area contributed by atoms with Crippen LogP contribution < -0.4 is 10.1 Å². The number of benzene rings is 1. The predicted octanol–water partition coefficient (Wildman–Crippen LogP) is 4.15. The van der Waals surface area contributed by atoms with Crippen LogP contribution in [-0.2, 0) is 11.0 Å². The van der Waals surface area contributed by atoms with Crippen molar-refractivity contribution in [3.63, 3.8) is 0 Å². The standard InChI is InChI=1S/C24H36N6O2S/c1-17(2)16-32-23-14-22(30-24(27-23)21(15-25-30)18(3)4)26-19-8-10-20(11-9-19)33(31)29(7)13-12-28(5)6/h8-11,14-15,17-18,26H,12-13,16H2,1-7H3. The van der Waals surface area contributed by atoms with E-state index in [1.54, 1.807) is 4.52 Å². The van der Waals surface area contributed by atoms with Gasteiger partial charge in [0.2, 0.25) is 5.88 Å². The predicted molar refractivity (Wildman–Crippen MR) is 135 cm³/mol. The van der Waals surface area contributed by atoms with Crippen molar-refractivity contribution >= 4 is 28.1 Å². The Labute approximate surface area is 199 Å². The van der Waals surface area contributed by atoms with Crippen LogP contribution in [0.15, 0.2) is 41.4 Å². The Morgan fingerprint density at radius 2 is 1.79 bits per heavy atom. The van der Waals surface area contributed by atoms with Crippen molar-refractivity contribution in [3.8, 4) is 5.88 Å². The molecule has 0 bridgehead atoms. The summed E-state index contributed by atoms with van der Waals surface area (Å²) in [6.45, 7) is 10.6. The lowest BCUT2D eigenvalue weighted by Crippen LogP contribution is -2.30. The van der Waals surface area contributed by atoms with E-state index in [-0.39, 0.29) is 0 Å². The highest BCUT2D eigenvalue weighted by Crippen LogP contribution is 2.27. The van der Waals surface area contributed by atoms with Crippen molar-refractivity contribution in [2.24, 2.45) is 5.92 Å². The first-order chi connectivity index (χ1) is 15.7. The molecule has 2 aromatic heterocycles. The smallest absolute Gasteiger partial charge is 0.219 e. The molecule has 0 radical (unpaired) electrons. The third-order valence-electron chi connectivity index (χ3n) is 5.14. The first-order valence-corrected chi connectivity index (χ1v) is 12.4. The molecule has 8 nitrogen and oxygen atoms in total. The Morgan fingerprint density at radius 1 is 1.09 bits per heavy atom. The average molecular weight is 473 g/mol. The molecule has 0 aliphatic carbocycles. The Bertz CT molecular complexity index is 1080. The number of aromatic nitrogens is 3. The van der Waals surface area contributed by atoms with Crippen LogP contribution in [0.25, 0.3) is 5.65 Å². The van der Waals surface area contributed by atoms with E-state index in [1.165, 1.54) is 0 Å². The lowest BCUT2D eigenvalue weighted by Gasteiger charge is -2.18. The van der Waals surface area contributed by atoms with Gasteiger partial charge in [-0.15, -0.1) is 0 Å². The van der Waals surface area contributed by atoms with E-state index < -0.39 is 11.0 Å². The monoisotopic (exact) mass is 472 g/mol. The molecule has 0 spiro atoms. The highest BCUT2D eigenvalue weighted by molar-refractivity contribution is 7.82. The van der Waals surface area contributed by atoms with E-state index in [1.807, 2.05) is 62.0 Å². The average Bonchev–Trinajstić information content (AvgIpc) is 3.20. The Hall–Kier alpha value is -2.49. The normalized spacial score (nSPS) is 12.9. The lowest BCUT2D eigenvalue weighted by molar-refractivity contribution is 0.261. The zero-order valence-electron chi connectivity index (χ0n) is 20.7. The van der Waals surface area contributed by atoms with Crippen LogP contribution in [0.3, 0.4) is 0 Å². The van der Waals surface area contributed by atoms with Gasteiger partial charge in [0.15, 0.2) is 5.65 Å². The number of hydrogen-bond donors (Lipinski definition) is 1. The third-order valence-corrected chi connectivity index (χ3v) is 6.56. The van der Waals surface area contributed by atoms with E-state index in [0.29, 0.717) is 24.3 Å². The number of ether oxygens (including phenoxy) is 1. The van der Waals surface area contributed by atoms with Crippen LogP contribution in [0.1, 0.15) is 39.2 Å². The molecule has 3 aromatic rings. The first-order valence-electron chi connectivity index (χ1n) is 11.3. The van der Waals surface area contributed by atoms with E-state index in [0.717, 1.165) is 40.7 Å². The summed E-state index contributed by atoms with van der Waals surface area (Å²) in [7, 11) is 4.69. The Kier molecular flexibility index (Phi) is 8.45. The zero-order valence-corrected chi connectivity index (χ0v) is 21.5. The van der Waals surface area contributed by atoms with Crippen LogP contribution >= 0.6 is 0 Å². The molecule has 180 valence electrons. The van der Waals surface area contributed by atoms with Gasteiger partial charge in [-0.3, -0.25) is 0 Å². The SMILES string of the molecule is CC(C)COc1cc(Nc2ccc(S(=O)N(C)CCN(C)C)cc2)n2ncc(C(C)C)c2n1. The highest BCUT2D eigenvalue weighted by Gasteiger charge is 2.16. The van der Waals surface area contributed by atoms with Gasteiger partial charge in [-0.05, 0) is 50.2 Å². The van der Waals surface area contributed by atoms with E-state index >= 15 is 0 Å².